The number of aromatic nitrogens is 3. The van der Waals surface area contributed by atoms with E-state index in [1.807, 2.05) is 18.2 Å². The monoisotopic (exact) mass is 271 g/mol. The summed E-state index contributed by atoms with van der Waals surface area (Å²) < 4.78 is 1.59. The second-order valence-corrected chi connectivity index (χ2v) is 4.57. The summed E-state index contributed by atoms with van der Waals surface area (Å²) in [5, 5.41) is 9.38. The lowest BCUT2D eigenvalue weighted by atomic mass is 10.0. The fraction of sp³-hybridized carbons (Fsp3) is 0.231. The highest BCUT2D eigenvalue weighted by atomic mass is 16.2. The molecule has 1 aliphatic rings. The largest absolute Gasteiger partial charge is 0.326 e. The summed E-state index contributed by atoms with van der Waals surface area (Å²) in [5.41, 5.74) is 0.718. The number of hydrogen-bond donors (Lipinski definition) is 2. The Hall–Kier alpha value is -2.70. The number of benzene rings is 1. The van der Waals surface area contributed by atoms with Crippen LogP contribution >= 0.6 is 0 Å². The van der Waals surface area contributed by atoms with Crippen molar-refractivity contribution in [3.63, 3.8) is 0 Å². The van der Waals surface area contributed by atoms with Crippen LogP contribution in [0.25, 0.3) is 0 Å². The molecule has 7 heteroatoms. The minimum absolute atomic E-state index is 0.111. The second-order valence-electron chi connectivity index (χ2n) is 4.57. The van der Waals surface area contributed by atoms with E-state index in [4.69, 9.17) is 0 Å². The van der Waals surface area contributed by atoms with Gasteiger partial charge >= 0.3 is 0 Å². The molecule has 1 aromatic carbocycles. The quantitative estimate of drug-likeness (QED) is 0.867. The van der Waals surface area contributed by atoms with E-state index in [0.29, 0.717) is 12.5 Å². The van der Waals surface area contributed by atoms with Gasteiger partial charge in [-0.25, -0.2) is 4.68 Å². The van der Waals surface area contributed by atoms with Crippen molar-refractivity contribution in [2.24, 2.45) is 5.92 Å². The lowest BCUT2D eigenvalue weighted by Gasteiger charge is -2.21. The summed E-state index contributed by atoms with van der Waals surface area (Å²) in [6.45, 7) is 0.364. The Kier molecular flexibility index (Phi) is 3.16. The standard InChI is InChI=1S/C13H13N5O2/c19-11(16-10-4-2-1-3-5-10)6-9-7-18-13(14-8-15-18)17-12(9)20/h1-5,8-9H,6-7H2,(H,16,19)(H,14,15,17,20)/t9-/m1/s1. The molecule has 1 aliphatic heterocycles. The number of rotatable bonds is 3. The van der Waals surface area contributed by atoms with Crippen molar-refractivity contribution in [1.82, 2.24) is 14.8 Å². The first kappa shape index (κ1) is 12.3. The van der Waals surface area contributed by atoms with Crippen LogP contribution < -0.4 is 10.6 Å². The molecule has 102 valence electrons. The van der Waals surface area contributed by atoms with Crippen LogP contribution in [-0.2, 0) is 16.1 Å². The number of amides is 2. The predicted octanol–water partition coefficient (Wildman–Crippen LogP) is 0.875. The van der Waals surface area contributed by atoms with E-state index in [1.165, 1.54) is 6.33 Å². The molecule has 0 bridgehead atoms. The van der Waals surface area contributed by atoms with Gasteiger partial charge in [-0.1, -0.05) is 18.2 Å². The highest BCUT2D eigenvalue weighted by Crippen LogP contribution is 2.18. The van der Waals surface area contributed by atoms with Crippen LogP contribution in [0.3, 0.4) is 0 Å². The molecule has 7 nitrogen and oxygen atoms in total. The minimum atomic E-state index is -0.437. The molecule has 2 heterocycles. The number of anilines is 2. The van der Waals surface area contributed by atoms with E-state index in [2.05, 4.69) is 20.7 Å². The molecule has 0 fully saturated rings. The number of nitrogens with zero attached hydrogens (tertiary/aromatic N) is 3. The molecule has 0 saturated carbocycles. The van der Waals surface area contributed by atoms with Crippen LogP contribution in [0, 0.1) is 5.92 Å². The van der Waals surface area contributed by atoms with Gasteiger partial charge in [-0.3, -0.25) is 14.9 Å². The average Bonchev–Trinajstić information content (AvgIpc) is 2.87. The third-order valence-electron chi connectivity index (χ3n) is 3.10. The number of carbonyl (C=O) groups excluding carboxylic acids is 2. The first-order chi connectivity index (χ1) is 9.72. The molecule has 0 aliphatic carbocycles. The molecule has 2 N–H and O–H groups in total. The van der Waals surface area contributed by atoms with Crippen molar-refractivity contribution in [2.45, 2.75) is 13.0 Å². The van der Waals surface area contributed by atoms with Gasteiger partial charge in [0, 0.05) is 12.1 Å². The van der Waals surface area contributed by atoms with Crippen molar-refractivity contribution >= 4 is 23.5 Å². The van der Waals surface area contributed by atoms with Crippen molar-refractivity contribution in [1.29, 1.82) is 0 Å². The van der Waals surface area contributed by atoms with E-state index in [-0.39, 0.29) is 18.2 Å². The molecule has 2 amide bonds. The van der Waals surface area contributed by atoms with Crippen LogP contribution in [0.15, 0.2) is 36.7 Å². The zero-order valence-corrected chi connectivity index (χ0v) is 10.6. The Balaban J connectivity index is 1.63. The van der Waals surface area contributed by atoms with Gasteiger partial charge < -0.3 is 5.32 Å². The topological polar surface area (TPSA) is 88.9 Å². The van der Waals surface area contributed by atoms with E-state index in [1.54, 1.807) is 16.8 Å². The third kappa shape index (κ3) is 2.51. The maximum Gasteiger partial charge on any atom is 0.232 e. The van der Waals surface area contributed by atoms with Crippen LogP contribution in [-0.4, -0.2) is 26.6 Å². The molecule has 20 heavy (non-hydrogen) atoms. The molecule has 0 spiro atoms. The van der Waals surface area contributed by atoms with Gasteiger partial charge in [0.25, 0.3) is 0 Å². The number of nitrogens with one attached hydrogen (secondary N) is 2. The van der Waals surface area contributed by atoms with Gasteiger partial charge in [-0.2, -0.15) is 10.1 Å². The minimum Gasteiger partial charge on any atom is -0.326 e. The van der Waals surface area contributed by atoms with Crippen LogP contribution in [0.4, 0.5) is 11.6 Å². The number of hydrogen-bond acceptors (Lipinski definition) is 4. The van der Waals surface area contributed by atoms with E-state index < -0.39 is 5.92 Å². The maximum absolute atomic E-state index is 11.9. The van der Waals surface area contributed by atoms with E-state index >= 15 is 0 Å². The SMILES string of the molecule is O=C(C[C@@H]1Cn2ncnc2NC1=O)Nc1ccccc1. The number of carbonyl (C=O) groups is 2. The van der Waals surface area contributed by atoms with Crippen molar-refractivity contribution in [3.8, 4) is 0 Å². The van der Waals surface area contributed by atoms with Crippen LogP contribution in [0.5, 0.6) is 0 Å². The maximum atomic E-state index is 11.9. The van der Waals surface area contributed by atoms with Crippen molar-refractivity contribution in [3.05, 3.63) is 36.7 Å². The van der Waals surface area contributed by atoms with Gasteiger partial charge in [0.15, 0.2) is 0 Å². The smallest absolute Gasteiger partial charge is 0.232 e. The number of para-hydroxylation sites is 1. The van der Waals surface area contributed by atoms with Gasteiger partial charge in [0.2, 0.25) is 17.8 Å². The van der Waals surface area contributed by atoms with Gasteiger partial charge in [-0.05, 0) is 12.1 Å². The lowest BCUT2D eigenvalue weighted by molar-refractivity contribution is -0.125. The number of fused-ring (bicyclic) bond motifs is 1. The van der Waals surface area contributed by atoms with Crippen molar-refractivity contribution < 1.29 is 9.59 Å². The van der Waals surface area contributed by atoms with Gasteiger partial charge in [0.1, 0.15) is 6.33 Å². The summed E-state index contributed by atoms with van der Waals surface area (Å²) in [5.74, 6) is -0.406. The molecule has 3 rings (SSSR count). The Bertz CT molecular complexity index is 637. The molecular formula is C13H13N5O2. The first-order valence-corrected chi connectivity index (χ1v) is 6.26. The Morgan fingerprint density at radius 3 is 3.00 bits per heavy atom. The highest BCUT2D eigenvalue weighted by molar-refractivity contribution is 5.98. The second kappa shape index (κ2) is 5.12. The Morgan fingerprint density at radius 2 is 2.20 bits per heavy atom. The third-order valence-corrected chi connectivity index (χ3v) is 3.10. The van der Waals surface area contributed by atoms with E-state index in [9.17, 15) is 9.59 Å². The summed E-state index contributed by atoms with van der Waals surface area (Å²) in [6, 6.07) is 9.15. The normalized spacial score (nSPS) is 17.2. The summed E-state index contributed by atoms with van der Waals surface area (Å²) >= 11 is 0. The molecule has 0 saturated heterocycles. The van der Waals surface area contributed by atoms with Crippen LogP contribution in [0.1, 0.15) is 6.42 Å². The lowest BCUT2D eigenvalue weighted by Crippen LogP contribution is -2.36. The summed E-state index contributed by atoms with van der Waals surface area (Å²) in [6.07, 6.45) is 1.49. The fourth-order valence-electron chi connectivity index (χ4n) is 2.11. The molecule has 0 unspecified atom stereocenters. The summed E-state index contributed by atoms with van der Waals surface area (Å²) in [4.78, 5) is 27.7. The molecule has 1 aromatic heterocycles. The molecule has 2 aromatic rings. The van der Waals surface area contributed by atoms with Crippen LogP contribution in [0.2, 0.25) is 0 Å². The molecular weight excluding hydrogens is 258 g/mol. The van der Waals surface area contributed by atoms with E-state index in [0.717, 1.165) is 5.69 Å². The Morgan fingerprint density at radius 1 is 1.40 bits per heavy atom. The zero-order chi connectivity index (χ0) is 13.9. The van der Waals surface area contributed by atoms with Gasteiger partial charge in [-0.15, -0.1) is 0 Å². The van der Waals surface area contributed by atoms with Gasteiger partial charge in [0.05, 0.1) is 12.5 Å². The molecule has 0 radical (unpaired) electrons. The van der Waals surface area contributed by atoms with Crippen molar-refractivity contribution in [2.75, 3.05) is 10.6 Å². The molecule has 1 atom stereocenters. The fourth-order valence-corrected chi connectivity index (χ4v) is 2.11. The predicted molar refractivity (Wildman–Crippen MR) is 71.8 cm³/mol. The first-order valence-electron chi connectivity index (χ1n) is 6.26. The zero-order valence-electron chi connectivity index (χ0n) is 10.6. The average molecular weight is 271 g/mol. The summed E-state index contributed by atoms with van der Waals surface area (Å²) in [7, 11) is 0. The highest BCUT2D eigenvalue weighted by Gasteiger charge is 2.29. The Labute approximate surface area is 115 Å².